The highest BCUT2D eigenvalue weighted by atomic mass is 35.5. The van der Waals surface area contributed by atoms with Crippen molar-refractivity contribution in [3.8, 4) is 0 Å². The molecule has 4 rings (SSSR count). The number of piperazine rings is 2. The molecule has 0 spiro atoms. The van der Waals surface area contributed by atoms with Gasteiger partial charge in [0.2, 0.25) is 5.91 Å². The molecular formula is C23H30ClN5O5. The quantitative estimate of drug-likeness (QED) is 0.588. The smallest absolute Gasteiger partial charge is 0.325 e. The van der Waals surface area contributed by atoms with Crippen molar-refractivity contribution >= 4 is 40.3 Å². The molecule has 2 N–H and O–H groups in total. The van der Waals surface area contributed by atoms with Gasteiger partial charge in [0.05, 0.1) is 12.1 Å². The summed E-state index contributed by atoms with van der Waals surface area (Å²) in [4.78, 5) is 44.4. The van der Waals surface area contributed by atoms with E-state index in [0.717, 1.165) is 26.2 Å². The Morgan fingerprint density at radius 1 is 0.971 bits per heavy atom. The summed E-state index contributed by atoms with van der Waals surface area (Å²) >= 11 is 6.12. The molecule has 0 bridgehead atoms. The molecule has 184 valence electrons. The van der Waals surface area contributed by atoms with E-state index in [4.69, 9.17) is 11.6 Å². The van der Waals surface area contributed by atoms with E-state index in [9.17, 15) is 24.6 Å². The summed E-state index contributed by atoms with van der Waals surface area (Å²) in [5.41, 5.74) is 1.13. The summed E-state index contributed by atoms with van der Waals surface area (Å²) in [6.07, 6.45) is 1.61. The van der Waals surface area contributed by atoms with Crippen molar-refractivity contribution in [2.45, 2.75) is 12.6 Å². The van der Waals surface area contributed by atoms with Crippen molar-refractivity contribution in [3.63, 3.8) is 0 Å². The predicted molar refractivity (Wildman–Crippen MR) is 127 cm³/mol. The van der Waals surface area contributed by atoms with E-state index < -0.39 is 18.0 Å². The Labute approximate surface area is 202 Å². The van der Waals surface area contributed by atoms with Gasteiger partial charge in [0.15, 0.2) is 0 Å². The highest BCUT2D eigenvalue weighted by Crippen LogP contribution is 2.33. The molecule has 2 saturated heterocycles. The molecule has 1 atom stereocenters. The molecule has 0 aliphatic carbocycles. The van der Waals surface area contributed by atoms with Crippen LogP contribution in [0.15, 0.2) is 24.4 Å². The minimum absolute atomic E-state index is 0.116. The number of benzene rings is 1. The van der Waals surface area contributed by atoms with Gasteiger partial charge >= 0.3 is 11.9 Å². The van der Waals surface area contributed by atoms with E-state index in [-0.39, 0.29) is 12.5 Å². The van der Waals surface area contributed by atoms with Gasteiger partial charge in [0, 0.05) is 74.5 Å². The Kier molecular flexibility index (Phi) is 7.42. The van der Waals surface area contributed by atoms with Gasteiger partial charge in [-0.3, -0.25) is 24.2 Å². The van der Waals surface area contributed by atoms with Crippen molar-refractivity contribution in [2.24, 2.45) is 0 Å². The fraction of sp³-hybridized carbons (Fsp3) is 0.522. The summed E-state index contributed by atoms with van der Waals surface area (Å²) in [5.74, 6) is -1.90. The molecule has 2 aliphatic heterocycles. The minimum atomic E-state index is -1.02. The molecule has 10 nitrogen and oxygen atoms in total. The first-order chi connectivity index (χ1) is 16.2. The Morgan fingerprint density at radius 3 is 2.26 bits per heavy atom. The molecule has 34 heavy (non-hydrogen) atoms. The Morgan fingerprint density at radius 2 is 1.65 bits per heavy atom. The van der Waals surface area contributed by atoms with Gasteiger partial charge < -0.3 is 24.6 Å². The lowest BCUT2D eigenvalue weighted by Gasteiger charge is -2.39. The zero-order chi connectivity index (χ0) is 24.4. The van der Waals surface area contributed by atoms with Gasteiger partial charge in [-0.1, -0.05) is 17.7 Å². The second-order valence-electron chi connectivity index (χ2n) is 9.00. The van der Waals surface area contributed by atoms with Crippen LogP contribution in [0.25, 0.3) is 10.9 Å². The van der Waals surface area contributed by atoms with E-state index >= 15 is 0 Å². The number of rotatable bonds is 7. The van der Waals surface area contributed by atoms with Crippen LogP contribution in [0.4, 0.5) is 0 Å². The fourth-order valence-electron chi connectivity index (χ4n) is 4.80. The zero-order valence-electron chi connectivity index (χ0n) is 19.2. The summed E-state index contributed by atoms with van der Waals surface area (Å²) in [6, 6.07) is 4.16. The van der Waals surface area contributed by atoms with Crippen LogP contribution >= 0.6 is 11.6 Å². The SMILES string of the molecule is CN1CCN(C(=O)CN2CCN([C@@H](C(=O)O)c3cn(CC(=O)O)c4cc(Cl)ccc34)CC2)CC1. The minimum Gasteiger partial charge on any atom is -0.480 e. The molecule has 0 radical (unpaired) electrons. The Balaban J connectivity index is 1.47. The van der Waals surface area contributed by atoms with Gasteiger partial charge in [-0.15, -0.1) is 0 Å². The average Bonchev–Trinajstić information content (AvgIpc) is 3.11. The second kappa shape index (κ2) is 10.3. The van der Waals surface area contributed by atoms with Crippen molar-refractivity contribution in [2.75, 3.05) is 66.0 Å². The van der Waals surface area contributed by atoms with Crippen LogP contribution in [-0.4, -0.2) is 118 Å². The molecule has 1 amide bonds. The van der Waals surface area contributed by atoms with Gasteiger partial charge in [-0.2, -0.15) is 0 Å². The highest BCUT2D eigenvalue weighted by molar-refractivity contribution is 6.31. The van der Waals surface area contributed by atoms with Crippen molar-refractivity contribution < 1.29 is 24.6 Å². The molecular weight excluding hydrogens is 462 g/mol. The molecule has 2 aliphatic rings. The third-order valence-electron chi connectivity index (χ3n) is 6.70. The summed E-state index contributed by atoms with van der Waals surface area (Å²) in [6.45, 7) is 5.43. The molecule has 2 fully saturated rings. The number of carbonyl (C=O) groups is 3. The maximum Gasteiger partial charge on any atom is 0.325 e. The molecule has 0 unspecified atom stereocenters. The van der Waals surface area contributed by atoms with E-state index in [0.29, 0.717) is 54.2 Å². The number of hydrogen-bond acceptors (Lipinski definition) is 6. The van der Waals surface area contributed by atoms with Gasteiger partial charge in [-0.25, -0.2) is 0 Å². The maximum absolute atomic E-state index is 12.7. The number of likely N-dealkylation sites (N-methyl/N-ethyl adjacent to an activating group) is 1. The van der Waals surface area contributed by atoms with Crippen LogP contribution in [0.3, 0.4) is 0 Å². The number of aromatic nitrogens is 1. The Hall–Kier alpha value is -2.66. The third kappa shape index (κ3) is 5.35. The monoisotopic (exact) mass is 491 g/mol. The molecule has 1 aromatic heterocycles. The summed E-state index contributed by atoms with van der Waals surface area (Å²) in [5, 5.41) is 20.5. The van der Waals surface area contributed by atoms with Crippen LogP contribution in [0.2, 0.25) is 5.02 Å². The van der Waals surface area contributed by atoms with E-state index in [1.54, 1.807) is 24.4 Å². The normalized spacial score (nSPS) is 19.4. The highest BCUT2D eigenvalue weighted by Gasteiger charge is 2.33. The number of carboxylic acid groups (broad SMARTS) is 2. The van der Waals surface area contributed by atoms with Crippen molar-refractivity contribution in [3.05, 3.63) is 35.0 Å². The third-order valence-corrected chi connectivity index (χ3v) is 6.93. The first kappa shape index (κ1) is 24.5. The van der Waals surface area contributed by atoms with Gasteiger partial charge in [0.25, 0.3) is 0 Å². The number of nitrogens with zero attached hydrogens (tertiary/aromatic N) is 5. The number of aliphatic carboxylic acids is 2. The van der Waals surface area contributed by atoms with E-state index in [2.05, 4.69) is 9.80 Å². The average molecular weight is 492 g/mol. The first-order valence-corrected chi connectivity index (χ1v) is 11.8. The zero-order valence-corrected chi connectivity index (χ0v) is 19.9. The number of fused-ring (bicyclic) bond motifs is 1. The molecule has 3 heterocycles. The van der Waals surface area contributed by atoms with Crippen LogP contribution in [0.1, 0.15) is 11.6 Å². The Bertz CT molecular complexity index is 1070. The number of amides is 1. The number of carboxylic acids is 2. The topological polar surface area (TPSA) is 110 Å². The number of carbonyl (C=O) groups excluding carboxylic acids is 1. The molecule has 2 aromatic rings. The number of hydrogen-bond donors (Lipinski definition) is 2. The number of halogens is 1. The molecule has 1 aromatic carbocycles. The molecule has 11 heteroatoms. The lowest BCUT2D eigenvalue weighted by molar-refractivity contribution is -0.145. The fourth-order valence-corrected chi connectivity index (χ4v) is 4.97. The molecule has 0 saturated carbocycles. The van der Waals surface area contributed by atoms with Gasteiger partial charge in [-0.05, 0) is 19.2 Å². The van der Waals surface area contributed by atoms with Crippen LogP contribution in [-0.2, 0) is 20.9 Å². The second-order valence-corrected chi connectivity index (χ2v) is 9.44. The van der Waals surface area contributed by atoms with Crippen molar-refractivity contribution in [1.82, 2.24) is 24.2 Å². The summed E-state index contributed by atoms with van der Waals surface area (Å²) < 4.78 is 1.53. The first-order valence-electron chi connectivity index (χ1n) is 11.4. The maximum atomic E-state index is 12.7. The van der Waals surface area contributed by atoms with Crippen LogP contribution < -0.4 is 0 Å². The van der Waals surface area contributed by atoms with Crippen molar-refractivity contribution in [1.29, 1.82) is 0 Å². The van der Waals surface area contributed by atoms with Crippen LogP contribution in [0.5, 0.6) is 0 Å². The lowest BCUT2D eigenvalue weighted by atomic mass is 10.0. The van der Waals surface area contributed by atoms with E-state index in [1.165, 1.54) is 4.57 Å². The largest absolute Gasteiger partial charge is 0.480 e. The standard InChI is InChI=1S/C23H30ClN5O5/c1-25-4-8-27(9-5-25)20(30)14-26-6-10-28(11-7-26)22(23(33)34)18-13-29(15-21(31)32)19-12-16(24)2-3-17(18)19/h2-3,12-13,22H,4-11,14-15H2,1H3,(H,31,32)(H,33,34)/t22-/m1/s1. The lowest BCUT2D eigenvalue weighted by Crippen LogP contribution is -2.54. The van der Waals surface area contributed by atoms with Gasteiger partial charge in [0.1, 0.15) is 12.6 Å². The predicted octanol–water partition coefficient (Wildman–Crippen LogP) is 0.897. The van der Waals surface area contributed by atoms with E-state index in [1.807, 2.05) is 16.8 Å². The summed E-state index contributed by atoms with van der Waals surface area (Å²) in [7, 11) is 2.05. The van der Waals surface area contributed by atoms with Crippen LogP contribution in [0, 0.1) is 0 Å².